The highest BCUT2D eigenvalue weighted by atomic mass is 32.1. The number of benzene rings is 2. The fourth-order valence-electron chi connectivity index (χ4n) is 5.49. The van der Waals surface area contributed by atoms with Gasteiger partial charge in [0, 0.05) is 63.9 Å². The average Bonchev–Trinajstić information content (AvgIpc) is 3.66. The fraction of sp³-hybridized carbons (Fsp3) is 0.233. The number of rotatable bonds is 5. The molecule has 0 saturated carbocycles. The molecule has 40 heavy (non-hydrogen) atoms. The van der Waals surface area contributed by atoms with Crippen LogP contribution in [-0.2, 0) is 13.1 Å². The Morgan fingerprint density at radius 1 is 1.05 bits per heavy atom. The summed E-state index contributed by atoms with van der Waals surface area (Å²) in [5.41, 5.74) is 9.50. The molecule has 0 radical (unpaired) electrons. The molecule has 2 aliphatic heterocycles. The van der Waals surface area contributed by atoms with E-state index in [1.807, 2.05) is 30.3 Å². The number of aromatic nitrogens is 3. The smallest absolute Gasteiger partial charge is 0.261 e. The molecule has 0 atom stereocenters. The maximum Gasteiger partial charge on any atom is 0.261 e. The molecule has 6 nitrogen and oxygen atoms in total. The molecule has 2 aromatic carbocycles. The number of H-pyrrole nitrogens is 1. The molecule has 0 spiro atoms. The third-order valence-electron chi connectivity index (χ3n) is 7.42. The zero-order chi connectivity index (χ0) is 27.4. The van der Waals surface area contributed by atoms with Crippen LogP contribution in [0.25, 0.3) is 32.6 Å². The highest BCUT2D eigenvalue weighted by Crippen LogP contribution is 2.34. The molecule has 3 aromatic heterocycles. The summed E-state index contributed by atoms with van der Waals surface area (Å²) in [6, 6.07) is 15.5. The molecule has 2 N–H and O–H groups in total. The molecule has 202 valence electrons. The number of hydrogen-bond acceptors (Lipinski definition) is 6. The van der Waals surface area contributed by atoms with Crippen LogP contribution in [0.5, 0.6) is 0 Å². The number of likely N-dealkylation sites (tertiary alicyclic amines) is 1. The van der Waals surface area contributed by atoms with Gasteiger partial charge in [0.05, 0.1) is 24.1 Å². The van der Waals surface area contributed by atoms with Crippen molar-refractivity contribution in [2.45, 2.75) is 32.4 Å². The quantitative estimate of drug-likeness (QED) is 0.259. The van der Waals surface area contributed by atoms with Gasteiger partial charge in [0.15, 0.2) is 5.82 Å². The maximum absolute atomic E-state index is 15.5. The summed E-state index contributed by atoms with van der Waals surface area (Å²) in [6.07, 6.45) is 3.20. The minimum Gasteiger partial charge on any atom is -0.337 e. The molecule has 0 bridgehead atoms. The molecule has 0 aliphatic carbocycles. The Hall–Kier alpha value is -4.02. The first-order chi connectivity index (χ1) is 19.3. The standard InChI is InChI=1S/C30H25F3N6S/c1-17-5-6-26(40-17)21-3-2-4-25-27(21)37-29(36-25)28-22-10-19(11-24(31)23(22)14-35-38-28)20-9-18(12-34-13-20)15-39-8-7-30(32,33)16-39/h2-6,9-13,35H,7-8,14-16H2,1H3,(H,36,37). The first-order valence-electron chi connectivity index (χ1n) is 13.1. The van der Waals surface area contributed by atoms with Crippen molar-refractivity contribution in [3.8, 4) is 21.6 Å². The summed E-state index contributed by atoms with van der Waals surface area (Å²) < 4.78 is 42.8. The Labute approximate surface area is 232 Å². The number of para-hydroxylation sites is 1. The largest absolute Gasteiger partial charge is 0.337 e. The van der Waals surface area contributed by atoms with Gasteiger partial charge in [-0.2, -0.15) is 5.10 Å². The van der Waals surface area contributed by atoms with Crippen molar-refractivity contribution in [3.05, 3.63) is 94.1 Å². The number of nitrogens with zero attached hydrogens (tertiary/aromatic N) is 4. The van der Waals surface area contributed by atoms with Crippen LogP contribution in [-0.4, -0.2) is 44.6 Å². The SMILES string of the molecule is Cc1ccc(-c2cccc3[nH]c(C4=NNCc5c(F)cc(-c6cncc(CN7CCC(F)(F)C7)c6)cc54)nc23)s1. The Kier molecular flexibility index (Phi) is 5.97. The number of halogens is 3. The van der Waals surface area contributed by atoms with E-state index in [2.05, 4.69) is 39.6 Å². The van der Waals surface area contributed by atoms with Gasteiger partial charge >= 0.3 is 0 Å². The second-order valence-corrected chi connectivity index (χ2v) is 11.7. The van der Waals surface area contributed by atoms with Gasteiger partial charge in [-0.15, -0.1) is 11.3 Å². The van der Waals surface area contributed by atoms with Crippen molar-refractivity contribution in [1.82, 2.24) is 25.3 Å². The van der Waals surface area contributed by atoms with Crippen molar-refractivity contribution in [2.75, 3.05) is 13.1 Å². The third-order valence-corrected chi connectivity index (χ3v) is 8.46. The number of pyridine rings is 1. The highest BCUT2D eigenvalue weighted by Gasteiger charge is 2.38. The van der Waals surface area contributed by atoms with Gasteiger partial charge in [0.1, 0.15) is 11.5 Å². The van der Waals surface area contributed by atoms with Crippen LogP contribution < -0.4 is 5.43 Å². The zero-order valence-electron chi connectivity index (χ0n) is 21.6. The Morgan fingerprint density at radius 2 is 1.95 bits per heavy atom. The molecular weight excluding hydrogens is 533 g/mol. The second-order valence-electron chi connectivity index (χ2n) is 10.4. The van der Waals surface area contributed by atoms with E-state index in [1.54, 1.807) is 28.6 Å². The number of thiophene rings is 1. The van der Waals surface area contributed by atoms with Gasteiger partial charge in [-0.05, 0) is 54.4 Å². The van der Waals surface area contributed by atoms with Crippen LogP contribution >= 0.6 is 11.3 Å². The van der Waals surface area contributed by atoms with Gasteiger partial charge in [0.25, 0.3) is 5.92 Å². The normalized spacial score (nSPS) is 16.6. The lowest BCUT2D eigenvalue weighted by Gasteiger charge is -2.19. The van der Waals surface area contributed by atoms with E-state index < -0.39 is 5.92 Å². The summed E-state index contributed by atoms with van der Waals surface area (Å²) in [7, 11) is 0. The van der Waals surface area contributed by atoms with Crippen LogP contribution in [0.3, 0.4) is 0 Å². The summed E-state index contributed by atoms with van der Waals surface area (Å²) in [6.45, 7) is 2.77. The second kappa shape index (κ2) is 9.57. The van der Waals surface area contributed by atoms with E-state index in [0.29, 0.717) is 46.9 Å². The van der Waals surface area contributed by atoms with Crippen molar-refractivity contribution < 1.29 is 13.2 Å². The van der Waals surface area contributed by atoms with Gasteiger partial charge in [-0.1, -0.05) is 12.1 Å². The molecule has 1 saturated heterocycles. The minimum atomic E-state index is -2.66. The molecule has 2 aliphatic rings. The number of nitrogens with one attached hydrogen (secondary N) is 2. The van der Waals surface area contributed by atoms with Crippen molar-refractivity contribution in [1.29, 1.82) is 0 Å². The number of fused-ring (bicyclic) bond motifs is 2. The molecule has 5 aromatic rings. The predicted octanol–water partition coefficient (Wildman–Crippen LogP) is 6.50. The van der Waals surface area contributed by atoms with Gasteiger partial charge in [-0.25, -0.2) is 18.2 Å². The van der Waals surface area contributed by atoms with Crippen LogP contribution in [0.2, 0.25) is 0 Å². The van der Waals surface area contributed by atoms with Crippen molar-refractivity contribution in [2.24, 2.45) is 5.10 Å². The highest BCUT2D eigenvalue weighted by molar-refractivity contribution is 7.15. The van der Waals surface area contributed by atoms with E-state index in [4.69, 9.17) is 4.98 Å². The zero-order valence-corrected chi connectivity index (χ0v) is 22.5. The molecule has 5 heterocycles. The molecule has 0 amide bonds. The molecule has 1 fully saturated rings. The molecule has 10 heteroatoms. The molecule has 0 unspecified atom stereocenters. The van der Waals surface area contributed by atoms with E-state index in [9.17, 15) is 8.78 Å². The Balaban J connectivity index is 1.25. The van der Waals surface area contributed by atoms with Crippen LogP contribution in [0, 0.1) is 12.7 Å². The topological polar surface area (TPSA) is 69.2 Å². The number of hydrazone groups is 1. The summed E-state index contributed by atoms with van der Waals surface area (Å²) >= 11 is 1.71. The number of aryl methyl sites for hydroxylation is 1. The number of alkyl halides is 2. The maximum atomic E-state index is 15.5. The predicted molar refractivity (Wildman–Crippen MR) is 151 cm³/mol. The minimum absolute atomic E-state index is 0.136. The average molecular weight is 559 g/mol. The van der Waals surface area contributed by atoms with E-state index in [1.165, 1.54) is 10.9 Å². The summed E-state index contributed by atoms with van der Waals surface area (Å²) in [4.78, 5) is 16.7. The Morgan fingerprint density at radius 3 is 2.75 bits per heavy atom. The van der Waals surface area contributed by atoms with Crippen LogP contribution in [0.15, 0.2) is 66.0 Å². The lowest BCUT2D eigenvalue weighted by Crippen LogP contribution is -2.24. The first-order valence-corrected chi connectivity index (χ1v) is 13.9. The van der Waals surface area contributed by atoms with Gasteiger partial charge < -0.3 is 10.4 Å². The van der Waals surface area contributed by atoms with Gasteiger partial charge in [0.2, 0.25) is 0 Å². The van der Waals surface area contributed by atoms with E-state index >= 15 is 4.39 Å². The monoisotopic (exact) mass is 558 g/mol. The fourth-order valence-corrected chi connectivity index (χ4v) is 6.38. The van der Waals surface area contributed by atoms with Crippen molar-refractivity contribution >= 4 is 28.1 Å². The van der Waals surface area contributed by atoms with Crippen molar-refractivity contribution in [3.63, 3.8) is 0 Å². The number of imidazole rings is 1. The lowest BCUT2D eigenvalue weighted by molar-refractivity contribution is 0.0115. The van der Waals surface area contributed by atoms with Gasteiger partial charge in [-0.3, -0.25) is 9.88 Å². The summed E-state index contributed by atoms with van der Waals surface area (Å²) in [5, 5.41) is 4.53. The molecule has 7 rings (SSSR count). The molecular formula is C30H25F3N6S. The lowest BCUT2D eigenvalue weighted by atomic mass is 9.95. The summed E-state index contributed by atoms with van der Waals surface area (Å²) in [5.74, 6) is -2.47. The van der Waals surface area contributed by atoms with E-state index in [-0.39, 0.29) is 25.3 Å². The third kappa shape index (κ3) is 4.56. The van der Waals surface area contributed by atoms with Crippen LogP contribution in [0.1, 0.15) is 33.8 Å². The number of aromatic amines is 1. The Bertz CT molecular complexity index is 1790. The van der Waals surface area contributed by atoms with E-state index in [0.717, 1.165) is 27.0 Å². The van der Waals surface area contributed by atoms with Crippen LogP contribution in [0.4, 0.5) is 13.2 Å². The number of hydrogen-bond donors (Lipinski definition) is 2. The first kappa shape index (κ1) is 25.0.